The van der Waals surface area contributed by atoms with Gasteiger partial charge in [0.05, 0.1) is 5.57 Å². The predicted octanol–water partition coefficient (Wildman–Crippen LogP) is 4.55. The molecule has 11 heteroatoms. The van der Waals surface area contributed by atoms with E-state index in [9.17, 15) is 22.4 Å². The van der Waals surface area contributed by atoms with Gasteiger partial charge in [0.15, 0.2) is 0 Å². The lowest BCUT2D eigenvalue weighted by Crippen LogP contribution is -2.28. The number of amides is 1. The largest absolute Gasteiger partial charge is 0.573 e. The fourth-order valence-corrected chi connectivity index (χ4v) is 2.86. The van der Waals surface area contributed by atoms with Crippen LogP contribution >= 0.6 is 0 Å². The molecule has 2 aromatic rings. The van der Waals surface area contributed by atoms with Crippen molar-refractivity contribution in [2.45, 2.75) is 26.6 Å². The van der Waals surface area contributed by atoms with Crippen molar-refractivity contribution in [1.29, 1.82) is 0 Å². The molecule has 1 amide bonds. The molecule has 0 bridgehead atoms. The monoisotopic (exact) mass is 509 g/mol. The van der Waals surface area contributed by atoms with Crippen molar-refractivity contribution < 1.29 is 36.9 Å². The molecular formula is C25H27F4N3O4. The van der Waals surface area contributed by atoms with Gasteiger partial charge in [-0.15, -0.1) is 13.2 Å². The summed E-state index contributed by atoms with van der Waals surface area (Å²) >= 11 is 0. The Morgan fingerprint density at radius 2 is 1.78 bits per heavy atom. The summed E-state index contributed by atoms with van der Waals surface area (Å²) < 4.78 is 61.0. The SMILES string of the molecule is CNC(/N=C(Oc1cccc(OC(F)(F)F)c1)/C(C)=C\c1ccc(F)cc1)=C(/C)C(=O)NCCCO. The Labute approximate surface area is 206 Å². The molecule has 36 heavy (non-hydrogen) atoms. The highest BCUT2D eigenvalue weighted by atomic mass is 19.4. The second-order valence-corrected chi connectivity index (χ2v) is 7.48. The Balaban J connectivity index is 2.48. The molecule has 0 saturated heterocycles. The summed E-state index contributed by atoms with van der Waals surface area (Å²) in [5.74, 6) is -1.22. The van der Waals surface area contributed by atoms with E-state index in [-0.39, 0.29) is 36.2 Å². The third kappa shape index (κ3) is 9.41. The maximum Gasteiger partial charge on any atom is 0.573 e. The zero-order chi connectivity index (χ0) is 26.7. The summed E-state index contributed by atoms with van der Waals surface area (Å²) in [5, 5.41) is 14.4. The number of alkyl halides is 3. The van der Waals surface area contributed by atoms with Crippen molar-refractivity contribution in [3.8, 4) is 11.5 Å². The number of carbonyl (C=O) groups is 1. The molecular weight excluding hydrogens is 482 g/mol. The molecule has 0 atom stereocenters. The average molecular weight is 510 g/mol. The number of aliphatic hydroxyl groups is 1. The number of hydrogen-bond donors (Lipinski definition) is 3. The van der Waals surface area contributed by atoms with Crippen LogP contribution in [-0.2, 0) is 4.79 Å². The van der Waals surface area contributed by atoms with Crippen LogP contribution < -0.4 is 20.1 Å². The van der Waals surface area contributed by atoms with Crippen LogP contribution in [0.25, 0.3) is 6.08 Å². The van der Waals surface area contributed by atoms with Gasteiger partial charge >= 0.3 is 6.36 Å². The van der Waals surface area contributed by atoms with Crippen molar-refractivity contribution in [1.82, 2.24) is 10.6 Å². The summed E-state index contributed by atoms with van der Waals surface area (Å²) in [6.45, 7) is 3.34. The van der Waals surface area contributed by atoms with Crippen LogP contribution in [0.1, 0.15) is 25.8 Å². The molecule has 2 rings (SSSR count). The fourth-order valence-electron chi connectivity index (χ4n) is 2.86. The third-order valence-electron chi connectivity index (χ3n) is 4.61. The minimum Gasteiger partial charge on any atom is -0.439 e. The summed E-state index contributed by atoms with van der Waals surface area (Å²) in [7, 11) is 1.54. The number of aliphatic imine (C=N–C) groups is 1. The molecule has 0 unspecified atom stereocenters. The lowest BCUT2D eigenvalue weighted by atomic mass is 10.1. The van der Waals surface area contributed by atoms with E-state index in [1.807, 2.05) is 0 Å². The third-order valence-corrected chi connectivity index (χ3v) is 4.61. The molecule has 7 nitrogen and oxygen atoms in total. The number of nitrogens with one attached hydrogen (secondary N) is 2. The minimum atomic E-state index is -4.88. The number of ether oxygens (including phenoxy) is 2. The van der Waals surface area contributed by atoms with E-state index in [2.05, 4.69) is 20.4 Å². The Morgan fingerprint density at radius 1 is 1.11 bits per heavy atom. The first-order chi connectivity index (χ1) is 17.0. The molecule has 0 radical (unpaired) electrons. The van der Waals surface area contributed by atoms with Gasteiger partial charge in [-0.3, -0.25) is 4.79 Å². The molecule has 0 aliphatic carbocycles. The zero-order valence-electron chi connectivity index (χ0n) is 19.9. The molecule has 0 aliphatic rings. The van der Waals surface area contributed by atoms with E-state index in [1.54, 1.807) is 13.0 Å². The minimum absolute atomic E-state index is 0.00265. The molecule has 0 saturated carbocycles. The number of halogens is 4. The number of carbonyl (C=O) groups excluding carboxylic acids is 1. The molecule has 0 heterocycles. The zero-order valence-corrected chi connectivity index (χ0v) is 19.9. The molecule has 0 fully saturated rings. The van der Waals surface area contributed by atoms with Gasteiger partial charge < -0.3 is 25.2 Å². The Morgan fingerprint density at radius 3 is 2.39 bits per heavy atom. The molecule has 0 spiro atoms. The maximum atomic E-state index is 13.3. The Hall–Kier alpha value is -3.86. The highest BCUT2D eigenvalue weighted by Gasteiger charge is 2.31. The first-order valence-corrected chi connectivity index (χ1v) is 10.9. The normalized spacial score (nSPS) is 13.1. The van der Waals surface area contributed by atoms with Crippen molar-refractivity contribution >= 4 is 17.9 Å². The standard InChI is InChI=1S/C25H27F4N3O4/c1-16(14-18-8-10-19(26)11-9-18)24(32-22(30-3)17(2)23(34)31-12-5-13-33)35-20-6-4-7-21(15-20)36-25(27,28)29/h4,6-11,14-15,30,33H,5,12-13H2,1-3H3,(H,31,34)/b16-14-,22-17+,32-24-. The van der Waals surface area contributed by atoms with Crippen LogP contribution in [0.2, 0.25) is 0 Å². The second-order valence-electron chi connectivity index (χ2n) is 7.48. The highest BCUT2D eigenvalue weighted by Crippen LogP contribution is 2.27. The number of benzene rings is 2. The van der Waals surface area contributed by atoms with Gasteiger partial charge in [0.2, 0.25) is 5.90 Å². The second kappa shape index (κ2) is 13.3. The van der Waals surface area contributed by atoms with Crippen LogP contribution in [0.5, 0.6) is 11.5 Å². The topological polar surface area (TPSA) is 92.2 Å². The van der Waals surface area contributed by atoms with Gasteiger partial charge in [-0.25, -0.2) is 4.39 Å². The highest BCUT2D eigenvalue weighted by molar-refractivity contribution is 6.00. The van der Waals surface area contributed by atoms with Crippen molar-refractivity contribution in [2.24, 2.45) is 4.99 Å². The van der Waals surface area contributed by atoms with E-state index < -0.39 is 23.8 Å². The Bertz CT molecular complexity index is 1130. The van der Waals surface area contributed by atoms with Crippen LogP contribution in [0, 0.1) is 5.82 Å². The van der Waals surface area contributed by atoms with Gasteiger partial charge in [0.25, 0.3) is 5.91 Å². The van der Waals surface area contributed by atoms with Gasteiger partial charge in [-0.1, -0.05) is 18.2 Å². The molecule has 0 aromatic heterocycles. The first kappa shape index (κ1) is 28.4. The van der Waals surface area contributed by atoms with Crippen molar-refractivity contribution in [3.63, 3.8) is 0 Å². The maximum absolute atomic E-state index is 13.3. The average Bonchev–Trinajstić information content (AvgIpc) is 2.82. The summed E-state index contributed by atoms with van der Waals surface area (Å²) in [6, 6.07) is 10.5. The summed E-state index contributed by atoms with van der Waals surface area (Å²) in [4.78, 5) is 16.9. The quantitative estimate of drug-likeness (QED) is 0.144. The van der Waals surface area contributed by atoms with Gasteiger partial charge in [0.1, 0.15) is 23.1 Å². The number of nitrogens with zero attached hydrogens (tertiary/aromatic N) is 1. The van der Waals surface area contributed by atoms with E-state index in [1.165, 1.54) is 50.4 Å². The van der Waals surface area contributed by atoms with E-state index in [0.29, 0.717) is 17.6 Å². The predicted molar refractivity (Wildman–Crippen MR) is 128 cm³/mol. The smallest absolute Gasteiger partial charge is 0.439 e. The van der Waals surface area contributed by atoms with Crippen molar-refractivity contribution in [2.75, 3.05) is 20.2 Å². The Kier molecular flexibility index (Phi) is 10.5. The van der Waals surface area contributed by atoms with Gasteiger partial charge in [-0.2, -0.15) is 4.99 Å². The summed E-state index contributed by atoms with van der Waals surface area (Å²) in [6.07, 6.45) is -2.86. The van der Waals surface area contributed by atoms with Crippen LogP contribution in [0.15, 0.2) is 70.5 Å². The van der Waals surface area contributed by atoms with Crippen LogP contribution in [-0.4, -0.2) is 43.5 Å². The van der Waals surface area contributed by atoms with E-state index >= 15 is 0 Å². The van der Waals surface area contributed by atoms with E-state index in [4.69, 9.17) is 9.84 Å². The first-order valence-electron chi connectivity index (χ1n) is 10.9. The number of aliphatic hydroxyl groups excluding tert-OH is 1. The fraction of sp³-hybridized carbons (Fsp3) is 0.280. The van der Waals surface area contributed by atoms with Crippen molar-refractivity contribution in [3.05, 3.63) is 76.9 Å². The van der Waals surface area contributed by atoms with Gasteiger partial charge in [0, 0.05) is 31.8 Å². The number of rotatable bonds is 10. The lowest BCUT2D eigenvalue weighted by Gasteiger charge is -2.14. The van der Waals surface area contributed by atoms with E-state index in [0.717, 1.165) is 12.1 Å². The molecule has 0 aliphatic heterocycles. The lowest BCUT2D eigenvalue weighted by molar-refractivity contribution is -0.274. The van der Waals surface area contributed by atoms with Crippen LogP contribution in [0.4, 0.5) is 17.6 Å². The number of hydrogen-bond acceptors (Lipinski definition) is 6. The summed E-state index contributed by atoms with van der Waals surface area (Å²) in [5.41, 5.74) is 1.26. The van der Waals surface area contributed by atoms with Crippen LogP contribution in [0.3, 0.4) is 0 Å². The molecule has 194 valence electrons. The molecule has 2 aromatic carbocycles. The van der Waals surface area contributed by atoms with Gasteiger partial charge in [-0.05, 0) is 56.2 Å². The molecule has 3 N–H and O–H groups in total.